The summed E-state index contributed by atoms with van der Waals surface area (Å²) in [6, 6.07) is 6.00. The Hall–Kier alpha value is -3.39. The molecule has 4 heterocycles. The highest BCUT2D eigenvalue weighted by molar-refractivity contribution is 7.08. The van der Waals surface area contributed by atoms with Crippen LogP contribution in [-0.4, -0.2) is 46.6 Å². The van der Waals surface area contributed by atoms with E-state index in [2.05, 4.69) is 32.9 Å². The number of Topliss-reactive ketones (excluding diaryl/α,β-unsaturated/α-hetero) is 1. The molecule has 5 rings (SSSR count). The van der Waals surface area contributed by atoms with Gasteiger partial charge in [-0.1, -0.05) is 25.0 Å². The Morgan fingerprint density at radius 1 is 1.23 bits per heavy atom. The number of aromatic nitrogens is 2. The van der Waals surface area contributed by atoms with Crippen molar-refractivity contribution in [2.75, 3.05) is 20.2 Å². The number of hydrogen-bond acceptors (Lipinski definition) is 6. The maximum Gasteiger partial charge on any atom is 0.274 e. The van der Waals surface area contributed by atoms with Gasteiger partial charge in [-0.3, -0.25) is 9.59 Å². The first-order chi connectivity index (χ1) is 18.9. The lowest BCUT2D eigenvalue weighted by Gasteiger charge is -2.23. The van der Waals surface area contributed by atoms with Crippen molar-refractivity contribution in [3.05, 3.63) is 51.4 Å². The van der Waals surface area contributed by atoms with E-state index < -0.39 is 0 Å². The molecule has 1 unspecified atom stereocenters. The van der Waals surface area contributed by atoms with Gasteiger partial charge in [0.1, 0.15) is 23.9 Å². The van der Waals surface area contributed by atoms with Crippen LogP contribution >= 0.6 is 11.3 Å². The summed E-state index contributed by atoms with van der Waals surface area (Å²) in [6.07, 6.45) is 7.07. The van der Waals surface area contributed by atoms with Crippen LogP contribution in [0.15, 0.2) is 34.5 Å². The molecule has 0 N–H and O–H groups in total. The van der Waals surface area contributed by atoms with E-state index in [1.807, 2.05) is 32.5 Å². The van der Waals surface area contributed by atoms with Gasteiger partial charge in [-0.2, -0.15) is 16.4 Å². The fourth-order valence-electron chi connectivity index (χ4n) is 5.56. The van der Waals surface area contributed by atoms with Crippen molar-refractivity contribution < 1.29 is 19.1 Å². The number of ketones is 1. The summed E-state index contributed by atoms with van der Waals surface area (Å²) in [6.45, 7) is 7.67. The number of amides is 1. The highest BCUT2D eigenvalue weighted by Crippen LogP contribution is 2.44. The number of carbonyl (C=O) groups excluding carboxylic acids is 2. The number of benzene rings is 1. The molecule has 206 valence electrons. The third-order valence-corrected chi connectivity index (χ3v) is 8.26. The highest BCUT2D eigenvalue weighted by Gasteiger charge is 2.34. The molecule has 7 nitrogen and oxygen atoms in total. The summed E-state index contributed by atoms with van der Waals surface area (Å²) in [4.78, 5) is 28.5. The average Bonchev–Trinajstić information content (AvgIpc) is 3.52. The van der Waals surface area contributed by atoms with Gasteiger partial charge in [0, 0.05) is 53.6 Å². The van der Waals surface area contributed by atoms with E-state index in [9.17, 15) is 9.59 Å². The molecule has 2 aromatic heterocycles. The van der Waals surface area contributed by atoms with Crippen LogP contribution in [0.4, 0.5) is 0 Å². The molecule has 0 radical (unpaired) electrons. The van der Waals surface area contributed by atoms with Crippen LogP contribution in [0, 0.1) is 5.92 Å². The van der Waals surface area contributed by atoms with Crippen molar-refractivity contribution in [3.63, 3.8) is 0 Å². The second-order valence-electron chi connectivity index (χ2n) is 10.7. The van der Waals surface area contributed by atoms with E-state index in [0.29, 0.717) is 43.2 Å². The van der Waals surface area contributed by atoms with Gasteiger partial charge in [-0.05, 0) is 57.0 Å². The summed E-state index contributed by atoms with van der Waals surface area (Å²) in [5.74, 6) is 1.75. The van der Waals surface area contributed by atoms with Gasteiger partial charge < -0.3 is 14.4 Å². The molecule has 3 aromatic rings. The van der Waals surface area contributed by atoms with Gasteiger partial charge in [-0.25, -0.2) is 4.68 Å². The summed E-state index contributed by atoms with van der Waals surface area (Å²) < 4.78 is 13.7. The number of rotatable bonds is 8. The zero-order chi connectivity index (χ0) is 27.5. The van der Waals surface area contributed by atoms with E-state index >= 15 is 0 Å². The van der Waals surface area contributed by atoms with Crippen LogP contribution in [0.25, 0.3) is 23.0 Å². The molecular formula is C31H37N3O4S. The number of methoxy groups -OCH3 is 1. The standard InChI is InChI=1S/C31H37N3O4S/c1-5-6-9-26(35)21-8-7-12-33(13-10-21)31(36)29-25-18-38-28-17-27(37-4)22(15-20(2)3)16-24(28)30(25)34(32-29)23-11-14-39-19-23/h11,14-17,19,21H,5-10,12-13,18H2,1-4H3. The Labute approximate surface area is 234 Å². The fourth-order valence-corrected chi connectivity index (χ4v) is 6.17. The summed E-state index contributed by atoms with van der Waals surface area (Å²) in [5, 5.41) is 8.95. The molecule has 2 aliphatic rings. The first-order valence-corrected chi connectivity index (χ1v) is 14.8. The topological polar surface area (TPSA) is 73.7 Å². The number of ether oxygens (including phenoxy) is 2. The van der Waals surface area contributed by atoms with Crippen LogP contribution in [0.1, 0.15) is 80.9 Å². The lowest BCUT2D eigenvalue weighted by Crippen LogP contribution is -2.33. The van der Waals surface area contributed by atoms with Crippen molar-refractivity contribution in [3.8, 4) is 28.4 Å². The number of fused-ring (bicyclic) bond motifs is 3. The minimum atomic E-state index is -0.0908. The Balaban J connectivity index is 1.52. The van der Waals surface area contributed by atoms with Gasteiger partial charge in [-0.15, -0.1) is 0 Å². The SMILES string of the molecule is CCCCC(=O)C1CCCN(C(=O)c2nn(-c3ccsc3)c3c2COc2cc(OC)c(C=C(C)C)cc2-3)CC1. The molecule has 1 amide bonds. The fraction of sp³-hybridized carbons (Fsp3) is 0.452. The van der Waals surface area contributed by atoms with Gasteiger partial charge in [0.15, 0.2) is 5.69 Å². The molecule has 8 heteroatoms. The van der Waals surface area contributed by atoms with Crippen LogP contribution in [-0.2, 0) is 11.4 Å². The van der Waals surface area contributed by atoms with Crippen molar-refractivity contribution in [2.45, 2.75) is 65.9 Å². The second-order valence-corrected chi connectivity index (χ2v) is 11.4. The molecule has 0 aliphatic carbocycles. The number of hydrogen-bond donors (Lipinski definition) is 0. The molecular weight excluding hydrogens is 510 g/mol. The van der Waals surface area contributed by atoms with Gasteiger partial charge in [0.2, 0.25) is 0 Å². The monoisotopic (exact) mass is 547 g/mol. The summed E-state index contributed by atoms with van der Waals surface area (Å²) in [5.41, 5.74) is 6.01. The number of likely N-dealkylation sites (tertiary alicyclic amines) is 1. The molecule has 1 atom stereocenters. The molecule has 0 bridgehead atoms. The van der Waals surface area contributed by atoms with Crippen molar-refractivity contribution in [1.82, 2.24) is 14.7 Å². The van der Waals surface area contributed by atoms with Crippen LogP contribution in [0.5, 0.6) is 11.5 Å². The Morgan fingerprint density at radius 3 is 2.79 bits per heavy atom. The molecule has 0 saturated carbocycles. The number of unbranched alkanes of at least 4 members (excludes halogenated alkanes) is 1. The van der Waals surface area contributed by atoms with Crippen molar-refractivity contribution in [1.29, 1.82) is 0 Å². The Morgan fingerprint density at radius 2 is 2.08 bits per heavy atom. The van der Waals surface area contributed by atoms with Gasteiger partial charge >= 0.3 is 0 Å². The molecule has 1 saturated heterocycles. The molecule has 0 spiro atoms. The Bertz CT molecular complexity index is 1390. The van der Waals surface area contributed by atoms with Crippen molar-refractivity contribution >= 4 is 29.1 Å². The average molecular weight is 548 g/mol. The summed E-state index contributed by atoms with van der Waals surface area (Å²) in [7, 11) is 1.66. The van der Waals surface area contributed by atoms with Gasteiger partial charge in [0.25, 0.3) is 5.91 Å². The molecule has 39 heavy (non-hydrogen) atoms. The van der Waals surface area contributed by atoms with E-state index in [1.54, 1.807) is 18.4 Å². The minimum Gasteiger partial charge on any atom is -0.496 e. The number of allylic oxidation sites excluding steroid dienone is 1. The highest BCUT2D eigenvalue weighted by atomic mass is 32.1. The zero-order valence-electron chi connectivity index (χ0n) is 23.3. The first-order valence-electron chi connectivity index (χ1n) is 13.9. The third-order valence-electron chi connectivity index (χ3n) is 7.59. The maximum atomic E-state index is 14.0. The zero-order valence-corrected chi connectivity index (χ0v) is 24.1. The summed E-state index contributed by atoms with van der Waals surface area (Å²) >= 11 is 1.59. The second kappa shape index (κ2) is 11.8. The third kappa shape index (κ3) is 5.53. The number of thiophene rings is 1. The molecule has 1 aromatic carbocycles. The van der Waals surface area contributed by atoms with Crippen LogP contribution in [0.3, 0.4) is 0 Å². The van der Waals surface area contributed by atoms with E-state index in [1.165, 1.54) is 0 Å². The number of nitrogens with zero attached hydrogens (tertiary/aromatic N) is 3. The van der Waals surface area contributed by atoms with Crippen molar-refractivity contribution in [2.24, 2.45) is 5.92 Å². The maximum absolute atomic E-state index is 14.0. The smallest absolute Gasteiger partial charge is 0.274 e. The predicted molar refractivity (Wildman–Crippen MR) is 155 cm³/mol. The van der Waals surface area contributed by atoms with Crippen LogP contribution < -0.4 is 9.47 Å². The van der Waals surface area contributed by atoms with E-state index in [-0.39, 0.29) is 18.4 Å². The largest absolute Gasteiger partial charge is 0.496 e. The lowest BCUT2D eigenvalue weighted by atomic mass is 9.93. The normalized spacial score (nSPS) is 16.5. The predicted octanol–water partition coefficient (Wildman–Crippen LogP) is 6.93. The van der Waals surface area contributed by atoms with Crippen LogP contribution in [0.2, 0.25) is 0 Å². The van der Waals surface area contributed by atoms with E-state index in [0.717, 1.165) is 65.1 Å². The molecule has 1 fully saturated rings. The van der Waals surface area contributed by atoms with E-state index in [4.69, 9.17) is 14.6 Å². The first kappa shape index (κ1) is 27.2. The minimum absolute atomic E-state index is 0.0466. The quantitative estimate of drug-likeness (QED) is 0.306. The Kier molecular flexibility index (Phi) is 8.21. The lowest BCUT2D eigenvalue weighted by molar-refractivity contribution is -0.123. The van der Waals surface area contributed by atoms with Gasteiger partial charge in [0.05, 0.1) is 18.5 Å². The molecule has 2 aliphatic heterocycles. The number of carbonyl (C=O) groups is 2.